The van der Waals surface area contributed by atoms with Crippen LogP contribution < -0.4 is 9.46 Å². The van der Waals surface area contributed by atoms with E-state index in [2.05, 4.69) is 4.72 Å². The number of benzene rings is 1. The predicted molar refractivity (Wildman–Crippen MR) is 71.9 cm³/mol. The lowest BCUT2D eigenvalue weighted by Gasteiger charge is -2.18. The highest BCUT2D eigenvalue weighted by atomic mass is 32.2. The van der Waals surface area contributed by atoms with Crippen LogP contribution in [0.25, 0.3) is 0 Å². The van der Waals surface area contributed by atoms with Crippen LogP contribution in [-0.2, 0) is 10.2 Å². The van der Waals surface area contributed by atoms with Gasteiger partial charge in [-0.1, -0.05) is 17.7 Å². The number of hydrogen-bond donors (Lipinski definition) is 1. The van der Waals surface area contributed by atoms with Crippen molar-refractivity contribution in [3.8, 4) is 5.75 Å². The van der Waals surface area contributed by atoms with Crippen molar-refractivity contribution in [2.75, 3.05) is 20.7 Å². The SMILES string of the molecule is Cc1ccc(OC[C@H](C)NS(=O)(=O)N(C)C)cc1. The van der Waals surface area contributed by atoms with Gasteiger partial charge in [0.15, 0.2) is 0 Å². The van der Waals surface area contributed by atoms with Gasteiger partial charge >= 0.3 is 0 Å². The van der Waals surface area contributed by atoms with E-state index < -0.39 is 10.2 Å². The first kappa shape index (κ1) is 14.9. The van der Waals surface area contributed by atoms with Gasteiger partial charge in [0.05, 0.1) is 6.04 Å². The summed E-state index contributed by atoms with van der Waals surface area (Å²) in [6, 6.07) is 7.33. The molecule has 0 amide bonds. The molecule has 1 rings (SSSR count). The van der Waals surface area contributed by atoms with E-state index in [1.54, 1.807) is 6.92 Å². The fraction of sp³-hybridized carbons (Fsp3) is 0.500. The standard InChI is InChI=1S/C12H20N2O3S/c1-10-5-7-12(8-6-10)17-9-11(2)13-18(15,16)14(3)4/h5-8,11,13H,9H2,1-4H3/t11-/m0/s1. The van der Waals surface area contributed by atoms with Gasteiger partial charge in [-0.15, -0.1) is 0 Å². The minimum Gasteiger partial charge on any atom is -0.492 e. The Morgan fingerprint density at radius 2 is 1.83 bits per heavy atom. The molecule has 0 aromatic heterocycles. The van der Waals surface area contributed by atoms with Crippen LogP contribution in [0.4, 0.5) is 0 Å². The zero-order valence-electron chi connectivity index (χ0n) is 11.2. The molecular formula is C12H20N2O3S. The molecule has 1 aromatic rings. The minimum atomic E-state index is -3.41. The number of ether oxygens (including phenoxy) is 1. The first-order valence-corrected chi connectivity index (χ1v) is 7.14. The van der Waals surface area contributed by atoms with Crippen molar-refractivity contribution in [3.05, 3.63) is 29.8 Å². The molecule has 1 N–H and O–H groups in total. The quantitative estimate of drug-likeness (QED) is 0.845. The smallest absolute Gasteiger partial charge is 0.279 e. The van der Waals surface area contributed by atoms with E-state index >= 15 is 0 Å². The summed E-state index contributed by atoms with van der Waals surface area (Å²) in [4.78, 5) is 0. The Labute approximate surface area is 109 Å². The summed E-state index contributed by atoms with van der Waals surface area (Å²) >= 11 is 0. The molecule has 1 aromatic carbocycles. The van der Waals surface area contributed by atoms with E-state index in [1.807, 2.05) is 31.2 Å². The second-order valence-corrected chi connectivity index (χ2v) is 6.35. The fourth-order valence-electron chi connectivity index (χ4n) is 1.25. The summed E-state index contributed by atoms with van der Waals surface area (Å²) in [6.07, 6.45) is 0. The molecule has 0 fully saturated rings. The molecule has 0 aliphatic heterocycles. The average molecular weight is 272 g/mol. The van der Waals surface area contributed by atoms with Gasteiger partial charge in [0.2, 0.25) is 0 Å². The third kappa shape index (κ3) is 4.64. The molecule has 0 aliphatic rings. The topological polar surface area (TPSA) is 58.6 Å². The summed E-state index contributed by atoms with van der Waals surface area (Å²) in [5.74, 6) is 0.733. The molecule has 5 nitrogen and oxygen atoms in total. The van der Waals surface area contributed by atoms with Gasteiger partial charge in [-0.25, -0.2) is 0 Å². The lowest BCUT2D eigenvalue weighted by Crippen LogP contribution is -2.43. The highest BCUT2D eigenvalue weighted by molar-refractivity contribution is 7.87. The van der Waals surface area contributed by atoms with Crippen molar-refractivity contribution in [2.24, 2.45) is 0 Å². The Balaban J connectivity index is 2.47. The Morgan fingerprint density at radius 1 is 1.28 bits per heavy atom. The van der Waals surface area contributed by atoms with E-state index in [4.69, 9.17) is 4.74 Å². The first-order valence-electron chi connectivity index (χ1n) is 5.70. The number of aryl methyl sites for hydroxylation is 1. The van der Waals surface area contributed by atoms with Gasteiger partial charge in [-0.3, -0.25) is 0 Å². The van der Waals surface area contributed by atoms with Crippen LogP contribution in [0.3, 0.4) is 0 Å². The van der Waals surface area contributed by atoms with Crippen molar-refractivity contribution < 1.29 is 13.2 Å². The van der Waals surface area contributed by atoms with E-state index in [9.17, 15) is 8.42 Å². The highest BCUT2D eigenvalue weighted by Crippen LogP contribution is 2.11. The molecule has 102 valence electrons. The van der Waals surface area contributed by atoms with E-state index in [0.29, 0.717) is 0 Å². The lowest BCUT2D eigenvalue weighted by molar-refractivity contribution is 0.285. The maximum atomic E-state index is 11.6. The average Bonchev–Trinajstić information content (AvgIpc) is 2.27. The van der Waals surface area contributed by atoms with Gasteiger partial charge in [0.1, 0.15) is 12.4 Å². The van der Waals surface area contributed by atoms with Crippen LogP contribution >= 0.6 is 0 Å². The maximum absolute atomic E-state index is 11.6. The summed E-state index contributed by atoms with van der Waals surface area (Å²) in [6.45, 7) is 4.04. The summed E-state index contributed by atoms with van der Waals surface area (Å²) < 4.78 is 32.3. The first-order chi connectivity index (χ1) is 8.31. The summed E-state index contributed by atoms with van der Waals surface area (Å²) in [5, 5.41) is 0. The van der Waals surface area contributed by atoms with Crippen molar-refractivity contribution in [1.29, 1.82) is 0 Å². The van der Waals surface area contributed by atoms with Crippen LogP contribution in [0, 0.1) is 6.92 Å². The normalized spacial score (nSPS) is 13.6. The van der Waals surface area contributed by atoms with Gasteiger partial charge in [0.25, 0.3) is 10.2 Å². The zero-order chi connectivity index (χ0) is 13.8. The molecular weight excluding hydrogens is 252 g/mol. The van der Waals surface area contributed by atoms with Crippen molar-refractivity contribution >= 4 is 10.2 Å². The molecule has 0 saturated carbocycles. The van der Waals surface area contributed by atoms with Crippen molar-refractivity contribution in [1.82, 2.24) is 9.03 Å². The molecule has 0 spiro atoms. The third-order valence-corrected chi connectivity index (χ3v) is 4.01. The Kier molecular flexibility index (Phi) is 5.13. The van der Waals surface area contributed by atoms with Crippen LogP contribution in [0.1, 0.15) is 12.5 Å². The number of rotatable bonds is 6. The molecule has 0 radical (unpaired) electrons. The lowest BCUT2D eigenvalue weighted by atomic mass is 10.2. The van der Waals surface area contributed by atoms with Gasteiger partial charge in [-0.05, 0) is 26.0 Å². The Hall–Kier alpha value is -1.11. The second-order valence-electron chi connectivity index (χ2n) is 4.43. The van der Waals surface area contributed by atoms with Gasteiger partial charge in [0, 0.05) is 14.1 Å². The highest BCUT2D eigenvalue weighted by Gasteiger charge is 2.16. The van der Waals surface area contributed by atoms with E-state index in [-0.39, 0.29) is 12.6 Å². The molecule has 0 aliphatic carbocycles. The van der Waals surface area contributed by atoms with Crippen molar-refractivity contribution in [3.63, 3.8) is 0 Å². The van der Waals surface area contributed by atoms with E-state index in [1.165, 1.54) is 14.1 Å². The molecule has 18 heavy (non-hydrogen) atoms. The van der Waals surface area contributed by atoms with Crippen LogP contribution in [0.5, 0.6) is 5.75 Å². The zero-order valence-corrected chi connectivity index (χ0v) is 12.0. The number of hydrogen-bond acceptors (Lipinski definition) is 3. The Bertz CT molecular complexity index is 469. The molecule has 1 atom stereocenters. The minimum absolute atomic E-state index is 0.288. The molecule has 0 saturated heterocycles. The molecule has 0 bridgehead atoms. The third-order valence-electron chi connectivity index (χ3n) is 2.35. The van der Waals surface area contributed by atoms with E-state index in [0.717, 1.165) is 15.6 Å². The monoisotopic (exact) mass is 272 g/mol. The predicted octanol–water partition coefficient (Wildman–Crippen LogP) is 1.16. The second kappa shape index (κ2) is 6.17. The molecule has 0 heterocycles. The van der Waals surface area contributed by atoms with Crippen molar-refractivity contribution in [2.45, 2.75) is 19.9 Å². The Morgan fingerprint density at radius 3 is 2.33 bits per heavy atom. The van der Waals surface area contributed by atoms with Crippen LogP contribution in [0.2, 0.25) is 0 Å². The number of nitrogens with one attached hydrogen (secondary N) is 1. The number of nitrogens with zero attached hydrogens (tertiary/aromatic N) is 1. The van der Waals surface area contributed by atoms with Crippen LogP contribution in [-0.4, -0.2) is 39.5 Å². The summed E-state index contributed by atoms with van der Waals surface area (Å²) in [5.41, 5.74) is 1.16. The van der Waals surface area contributed by atoms with Gasteiger partial charge < -0.3 is 4.74 Å². The maximum Gasteiger partial charge on any atom is 0.279 e. The van der Waals surface area contributed by atoms with Gasteiger partial charge in [-0.2, -0.15) is 17.4 Å². The van der Waals surface area contributed by atoms with Crippen LogP contribution in [0.15, 0.2) is 24.3 Å². The molecule has 6 heteroatoms. The fourth-order valence-corrected chi connectivity index (χ4v) is 2.04. The molecule has 0 unspecified atom stereocenters. The summed E-state index contributed by atoms with van der Waals surface area (Å²) in [7, 11) is -0.441. The largest absolute Gasteiger partial charge is 0.492 e.